The predicted molar refractivity (Wildman–Crippen MR) is 46.0 cm³/mol. The molecule has 0 heteroatoms. The van der Waals surface area contributed by atoms with Crippen LogP contribution in [0.3, 0.4) is 0 Å². The average Bonchev–Trinajstić information content (AvgIpc) is 2.11. The molecule has 10 heavy (non-hydrogen) atoms. The number of hydrogen-bond acceptors (Lipinski definition) is 0. The minimum Gasteiger partial charge on any atom is -0.0622 e. The predicted octanol–water partition coefficient (Wildman–Crippen LogP) is 3.47. The van der Waals surface area contributed by atoms with Gasteiger partial charge in [0.1, 0.15) is 0 Å². The first-order valence-electron chi connectivity index (χ1n) is 4.52. The highest BCUT2D eigenvalue weighted by molar-refractivity contribution is 4.83. The normalized spacial score (nSPS) is 34.8. The van der Waals surface area contributed by atoms with Crippen molar-refractivity contribution in [2.75, 3.05) is 0 Å². The maximum Gasteiger partial charge on any atom is -0.0340 e. The molecule has 0 radical (unpaired) electrons. The molecular weight excluding hydrogens is 120 g/mol. The molecule has 0 N–H and O–H groups in total. The van der Waals surface area contributed by atoms with E-state index in [4.69, 9.17) is 0 Å². The maximum atomic E-state index is 2.41. The van der Waals surface area contributed by atoms with E-state index in [1.807, 2.05) is 0 Å². The first-order valence-corrected chi connectivity index (χ1v) is 4.52. The molecule has 1 fully saturated rings. The maximum absolute atomic E-state index is 2.41. The summed E-state index contributed by atoms with van der Waals surface area (Å²) in [5, 5.41) is 0. The van der Waals surface area contributed by atoms with E-state index < -0.39 is 0 Å². The van der Waals surface area contributed by atoms with Crippen molar-refractivity contribution < 1.29 is 0 Å². The SMILES string of the molecule is C[C@H]1CCC[C@H]1C(C)(C)C. The fraction of sp³-hybridized carbons (Fsp3) is 1.00. The van der Waals surface area contributed by atoms with Crippen LogP contribution in [0.2, 0.25) is 0 Å². The Bertz CT molecular complexity index is 108. The molecule has 0 amide bonds. The van der Waals surface area contributed by atoms with E-state index in [1.54, 1.807) is 0 Å². The van der Waals surface area contributed by atoms with Gasteiger partial charge in [0.05, 0.1) is 0 Å². The Morgan fingerprint density at radius 1 is 1.10 bits per heavy atom. The zero-order valence-corrected chi connectivity index (χ0v) is 7.78. The van der Waals surface area contributed by atoms with Gasteiger partial charge in [-0.05, 0) is 23.7 Å². The third kappa shape index (κ3) is 1.53. The van der Waals surface area contributed by atoms with Crippen LogP contribution in [-0.2, 0) is 0 Å². The zero-order chi connectivity index (χ0) is 7.78. The molecule has 0 unspecified atom stereocenters. The van der Waals surface area contributed by atoms with Gasteiger partial charge in [0.25, 0.3) is 0 Å². The van der Waals surface area contributed by atoms with E-state index in [0.29, 0.717) is 5.41 Å². The second-order valence-electron chi connectivity index (χ2n) is 4.88. The Morgan fingerprint density at radius 2 is 1.70 bits per heavy atom. The molecule has 1 saturated carbocycles. The molecule has 2 atom stereocenters. The minimum absolute atomic E-state index is 0.552. The zero-order valence-electron chi connectivity index (χ0n) is 7.78. The van der Waals surface area contributed by atoms with Crippen LogP contribution in [0, 0.1) is 17.3 Å². The minimum atomic E-state index is 0.552. The van der Waals surface area contributed by atoms with E-state index in [9.17, 15) is 0 Å². The molecule has 0 saturated heterocycles. The van der Waals surface area contributed by atoms with Crippen molar-refractivity contribution in [2.24, 2.45) is 17.3 Å². The highest BCUT2D eigenvalue weighted by atomic mass is 14.4. The van der Waals surface area contributed by atoms with Crippen molar-refractivity contribution in [3.63, 3.8) is 0 Å². The molecule has 0 aliphatic heterocycles. The molecular formula is C10H20. The van der Waals surface area contributed by atoms with Gasteiger partial charge < -0.3 is 0 Å². The number of rotatable bonds is 0. The first-order chi connectivity index (χ1) is 4.52. The molecule has 0 nitrogen and oxygen atoms in total. The van der Waals surface area contributed by atoms with E-state index in [1.165, 1.54) is 19.3 Å². The fourth-order valence-corrected chi connectivity index (χ4v) is 2.43. The fourth-order valence-electron chi connectivity index (χ4n) is 2.43. The van der Waals surface area contributed by atoms with Crippen LogP contribution < -0.4 is 0 Å². The summed E-state index contributed by atoms with van der Waals surface area (Å²) in [6, 6.07) is 0. The van der Waals surface area contributed by atoms with Crippen LogP contribution in [0.15, 0.2) is 0 Å². The molecule has 1 aliphatic rings. The second kappa shape index (κ2) is 2.56. The van der Waals surface area contributed by atoms with Crippen LogP contribution in [0.1, 0.15) is 47.0 Å². The van der Waals surface area contributed by atoms with Crippen molar-refractivity contribution in [1.29, 1.82) is 0 Å². The van der Waals surface area contributed by atoms with Crippen LogP contribution in [0.4, 0.5) is 0 Å². The largest absolute Gasteiger partial charge is 0.0622 e. The molecule has 0 aromatic carbocycles. The van der Waals surface area contributed by atoms with Crippen molar-refractivity contribution in [2.45, 2.75) is 47.0 Å². The molecule has 1 rings (SSSR count). The number of hydrogen-bond donors (Lipinski definition) is 0. The third-order valence-electron chi connectivity index (χ3n) is 2.97. The Kier molecular flexibility index (Phi) is 2.07. The molecule has 0 aromatic heterocycles. The monoisotopic (exact) mass is 140 g/mol. The van der Waals surface area contributed by atoms with Gasteiger partial charge in [0, 0.05) is 0 Å². The Hall–Kier alpha value is 0. The third-order valence-corrected chi connectivity index (χ3v) is 2.97. The Morgan fingerprint density at radius 3 is 1.90 bits per heavy atom. The summed E-state index contributed by atoms with van der Waals surface area (Å²) < 4.78 is 0. The van der Waals surface area contributed by atoms with Crippen molar-refractivity contribution in [1.82, 2.24) is 0 Å². The Labute approximate surface area is 65.0 Å². The molecule has 0 bridgehead atoms. The van der Waals surface area contributed by atoms with Gasteiger partial charge in [-0.25, -0.2) is 0 Å². The van der Waals surface area contributed by atoms with Crippen molar-refractivity contribution in [3.05, 3.63) is 0 Å². The van der Waals surface area contributed by atoms with Gasteiger partial charge in [0.15, 0.2) is 0 Å². The van der Waals surface area contributed by atoms with Crippen molar-refractivity contribution in [3.8, 4) is 0 Å². The molecule has 0 aromatic rings. The summed E-state index contributed by atoms with van der Waals surface area (Å²) in [7, 11) is 0. The van der Waals surface area contributed by atoms with E-state index in [2.05, 4.69) is 27.7 Å². The second-order valence-corrected chi connectivity index (χ2v) is 4.88. The molecule has 1 aliphatic carbocycles. The van der Waals surface area contributed by atoms with Gasteiger partial charge in [-0.1, -0.05) is 40.5 Å². The highest BCUT2D eigenvalue weighted by Crippen LogP contribution is 2.42. The lowest BCUT2D eigenvalue weighted by atomic mass is 9.75. The molecule has 0 spiro atoms. The topological polar surface area (TPSA) is 0 Å². The molecule has 0 heterocycles. The van der Waals surface area contributed by atoms with Crippen LogP contribution in [0.25, 0.3) is 0 Å². The van der Waals surface area contributed by atoms with Crippen molar-refractivity contribution >= 4 is 0 Å². The lowest BCUT2D eigenvalue weighted by Gasteiger charge is -2.30. The van der Waals surface area contributed by atoms with Gasteiger partial charge in [-0.3, -0.25) is 0 Å². The smallest absolute Gasteiger partial charge is 0.0340 e. The van der Waals surface area contributed by atoms with Crippen LogP contribution >= 0.6 is 0 Å². The van der Waals surface area contributed by atoms with E-state index in [0.717, 1.165) is 11.8 Å². The molecule has 60 valence electrons. The lowest BCUT2D eigenvalue weighted by molar-refractivity contribution is 0.196. The quantitative estimate of drug-likeness (QED) is 0.483. The van der Waals surface area contributed by atoms with E-state index in [-0.39, 0.29) is 0 Å². The summed E-state index contributed by atoms with van der Waals surface area (Å²) in [5.41, 5.74) is 0.552. The van der Waals surface area contributed by atoms with Gasteiger partial charge in [-0.2, -0.15) is 0 Å². The average molecular weight is 140 g/mol. The Balaban J connectivity index is 2.55. The standard InChI is InChI=1S/C10H20/c1-8-6-5-7-9(8)10(2,3)4/h8-9H,5-7H2,1-4H3/t8-,9+/m0/s1. The lowest BCUT2D eigenvalue weighted by Crippen LogP contribution is -2.22. The van der Waals surface area contributed by atoms with Crippen LogP contribution in [-0.4, -0.2) is 0 Å². The van der Waals surface area contributed by atoms with Crippen LogP contribution in [0.5, 0.6) is 0 Å². The summed E-state index contributed by atoms with van der Waals surface area (Å²) >= 11 is 0. The highest BCUT2D eigenvalue weighted by Gasteiger charge is 2.32. The van der Waals surface area contributed by atoms with E-state index >= 15 is 0 Å². The van der Waals surface area contributed by atoms with Gasteiger partial charge in [0.2, 0.25) is 0 Å². The van der Waals surface area contributed by atoms with Gasteiger partial charge >= 0.3 is 0 Å². The summed E-state index contributed by atoms with van der Waals surface area (Å²) in [5.74, 6) is 1.95. The summed E-state index contributed by atoms with van der Waals surface area (Å²) in [4.78, 5) is 0. The van der Waals surface area contributed by atoms with Gasteiger partial charge in [-0.15, -0.1) is 0 Å². The summed E-state index contributed by atoms with van der Waals surface area (Å²) in [6.45, 7) is 9.53. The summed E-state index contributed by atoms with van der Waals surface area (Å²) in [6.07, 6.45) is 4.38. The first kappa shape index (κ1) is 8.10.